The van der Waals surface area contributed by atoms with Crippen molar-refractivity contribution in [2.24, 2.45) is 10.9 Å². The number of anilines is 1. The molecule has 1 saturated carbocycles. The monoisotopic (exact) mass is 356 g/mol. The first kappa shape index (κ1) is 14.4. The van der Waals surface area contributed by atoms with Gasteiger partial charge in [-0.05, 0) is 65.7 Å². The third-order valence-corrected chi connectivity index (χ3v) is 6.03. The Hall–Kier alpha value is -0.550. The second kappa shape index (κ2) is 5.68. The zero-order chi connectivity index (χ0) is 14.2. The lowest BCUT2D eigenvalue weighted by atomic mass is 9.79. The van der Waals surface area contributed by atoms with Crippen LogP contribution in [0.4, 0.5) is 10.1 Å². The van der Waals surface area contributed by atoms with E-state index in [0.29, 0.717) is 0 Å². The highest BCUT2D eigenvalue weighted by Gasteiger charge is 2.38. The molecule has 0 saturated heterocycles. The van der Waals surface area contributed by atoms with Gasteiger partial charge in [0, 0.05) is 10.2 Å². The minimum absolute atomic E-state index is 0.124. The van der Waals surface area contributed by atoms with Crippen molar-refractivity contribution in [1.82, 2.24) is 0 Å². The standard InChI is InChI=1S/C15H18BrFN2S/c1-10-4-6-15(7-5-10)9-20-14(19-15)18-13-8-11(17)2-3-12(13)16/h2-3,8,10H,4-7,9H2,1H3,(H,18,19). The smallest absolute Gasteiger partial charge is 0.161 e. The first-order chi connectivity index (χ1) is 9.56. The van der Waals surface area contributed by atoms with Gasteiger partial charge in [-0.25, -0.2) is 4.39 Å². The molecule has 20 heavy (non-hydrogen) atoms. The molecule has 3 rings (SSSR count). The van der Waals surface area contributed by atoms with Crippen molar-refractivity contribution in [3.63, 3.8) is 0 Å². The fourth-order valence-corrected chi connectivity index (χ4v) is 4.36. The van der Waals surface area contributed by atoms with E-state index >= 15 is 0 Å². The topological polar surface area (TPSA) is 24.4 Å². The number of hydrogen-bond acceptors (Lipinski definition) is 3. The molecule has 1 aromatic rings. The summed E-state index contributed by atoms with van der Waals surface area (Å²) < 4.78 is 14.2. The molecule has 1 N–H and O–H groups in total. The van der Waals surface area contributed by atoms with Crippen LogP contribution in [0.15, 0.2) is 27.7 Å². The number of hydrogen-bond donors (Lipinski definition) is 1. The third-order valence-electron chi connectivity index (χ3n) is 4.19. The number of thioether (sulfide) groups is 1. The Morgan fingerprint density at radius 2 is 2.15 bits per heavy atom. The maximum Gasteiger partial charge on any atom is 0.161 e. The van der Waals surface area contributed by atoms with Crippen LogP contribution in [0.25, 0.3) is 0 Å². The van der Waals surface area contributed by atoms with Crippen molar-refractivity contribution in [1.29, 1.82) is 0 Å². The summed E-state index contributed by atoms with van der Waals surface area (Å²) in [5.74, 6) is 1.64. The molecular weight excluding hydrogens is 339 g/mol. The number of nitrogens with one attached hydrogen (secondary N) is 1. The van der Waals surface area contributed by atoms with Crippen LogP contribution in [0.2, 0.25) is 0 Å². The Kier molecular flexibility index (Phi) is 4.09. The van der Waals surface area contributed by atoms with Gasteiger partial charge in [0.25, 0.3) is 0 Å². The van der Waals surface area contributed by atoms with E-state index in [1.807, 2.05) is 0 Å². The molecule has 0 unspecified atom stereocenters. The molecule has 1 aliphatic carbocycles. The number of halogens is 2. The number of aliphatic imine (C=N–C) groups is 1. The second-order valence-corrected chi connectivity index (χ2v) is 7.68. The summed E-state index contributed by atoms with van der Waals surface area (Å²) in [5.41, 5.74) is 0.872. The van der Waals surface area contributed by atoms with Gasteiger partial charge >= 0.3 is 0 Å². The van der Waals surface area contributed by atoms with Gasteiger partial charge in [0.2, 0.25) is 0 Å². The molecule has 1 aromatic carbocycles. The lowest BCUT2D eigenvalue weighted by Crippen LogP contribution is -2.32. The highest BCUT2D eigenvalue weighted by molar-refractivity contribution is 9.10. The lowest BCUT2D eigenvalue weighted by Gasteiger charge is -2.32. The van der Waals surface area contributed by atoms with E-state index in [0.717, 1.165) is 27.0 Å². The Balaban J connectivity index is 1.74. The van der Waals surface area contributed by atoms with Crippen LogP contribution in [-0.2, 0) is 0 Å². The Morgan fingerprint density at radius 1 is 1.40 bits per heavy atom. The SMILES string of the molecule is CC1CCC2(CC1)CSC(Nc1cc(F)ccc1Br)=N2. The largest absolute Gasteiger partial charge is 0.334 e. The lowest BCUT2D eigenvalue weighted by molar-refractivity contribution is 0.273. The van der Waals surface area contributed by atoms with Gasteiger partial charge in [0.1, 0.15) is 5.82 Å². The normalized spacial score (nSPS) is 29.6. The molecular formula is C15H18BrFN2S. The van der Waals surface area contributed by atoms with Crippen LogP contribution in [0.1, 0.15) is 32.6 Å². The van der Waals surface area contributed by atoms with Gasteiger partial charge in [0.15, 0.2) is 5.17 Å². The molecule has 0 bridgehead atoms. The zero-order valence-electron chi connectivity index (χ0n) is 11.5. The minimum atomic E-state index is -0.236. The van der Waals surface area contributed by atoms with Gasteiger partial charge in [-0.1, -0.05) is 18.7 Å². The highest BCUT2D eigenvalue weighted by atomic mass is 79.9. The molecule has 5 heteroatoms. The van der Waals surface area contributed by atoms with E-state index in [1.54, 1.807) is 17.8 Å². The van der Waals surface area contributed by atoms with Gasteiger partial charge in [-0.3, -0.25) is 4.99 Å². The summed E-state index contributed by atoms with van der Waals surface area (Å²) in [4.78, 5) is 4.90. The Bertz CT molecular complexity index is 539. The summed E-state index contributed by atoms with van der Waals surface area (Å²) in [7, 11) is 0. The second-order valence-electron chi connectivity index (χ2n) is 5.86. The molecule has 1 aliphatic heterocycles. The van der Waals surface area contributed by atoms with Gasteiger partial charge < -0.3 is 5.32 Å². The first-order valence-electron chi connectivity index (χ1n) is 7.01. The van der Waals surface area contributed by atoms with Crippen LogP contribution >= 0.6 is 27.7 Å². The minimum Gasteiger partial charge on any atom is -0.334 e. The highest BCUT2D eigenvalue weighted by Crippen LogP contribution is 2.42. The molecule has 0 amide bonds. The summed E-state index contributed by atoms with van der Waals surface area (Å²) in [6, 6.07) is 4.67. The fraction of sp³-hybridized carbons (Fsp3) is 0.533. The van der Waals surface area contributed by atoms with Crippen molar-refractivity contribution >= 4 is 38.5 Å². The molecule has 1 spiro atoms. The Labute approximate surface area is 131 Å². The van der Waals surface area contributed by atoms with E-state index in [2.05, 4.69) is 28.2 Å². The van der Waals surface area contributed by atoms with Crippen LogP contribution in [-0.4, -0.2) is 16.5 Å². The summed E-state index contributed by atoms with van der Waals surface area (Å²) in [6.07, 6.45) is 4.88. The van der Waals surface area contributed by atoms with Crippen LogP contribution in [0.3, 0.4) is 0 Å². The van der Waals surface area contributed by atoms with Crippen molar-refractivity contribution in [3.05, 3.63) is 28.5 Å². The molecule has 1 heterocycles. The van der Waals surface area contributed by atoms with E-state index in [4.69, 9.17) is 4.99 Å². The van der Waals surface area contributed by atoms with Crippen molar-refractivity contribution < 1.29 is 4.39 Å². The summed E-state index contributed by atoms with van der Waals surface area (Å²) in [6.45, 7) is 2.32. The number of amidine groups is 1. The fourth-order valence-electron chi connectivity index (χ4n) is 2.81. The van der Waals surface area contributed by atoms with Crippen molar-refractivity contribution in [3.8, 4) is 0 Å². The first-order valence-corrected chi connectivity index (χ1v) is 8.79. The molecule has 108 valence electrons. The predicted octanol–water partition coefficient (Wildman–Crippen LogP) is 5.05. The van der Waals surface area contributed by atoms with Crippen LogP contribution < -0.4 is 5.32 Å². The van der Waals surface area contributed by atoms with E-state index in [9.17, 15) is 4.39 Å². The van der Waals surface area contributed by atoms with Crippen LogP contribution in [0, 0.1) is 11.7 Å². The van der Waals surface area contributed by atoms with E-state index in [-0.39, 0.29) is 11.4 Å². The van der Waals surface area contributed by atoms with E-state index in [1.165, 1.54) is 37.8 Å². The molecule has 1 fully saturated rings. The number of nitrogens with zero attached hydrogens (tertiary/aromatic N) is 1. The van der Waals surface area contributed by atoms with Crippen molar-refractivity contribution in [2.45, 2.75) is 38.1 Å². The van der Waals surface area contributed by atoms with Gasteiger partial charge in [-0.2, -0.15) is 0 Å². The van der Waals surface area contributed by atoms with Crippen LogP contribution in [0.5, 0.6) is 0 Å². The maximum absolute atomic E-state index is 13.3. The van der Waals surface area contributed by atoms with Gasteiger partial charge in [0.05, 0.1) is 11.2 Å². The quantitative estimate of drug-likeness (QED) is 0.760. The molecule has 0 atom stereocenters. The Morgan fingerprint density at radius 3 is 2.90 bits per heavy atom. The number of rotatable bonds is 1. The van der Waals surface area contributed by atoms with E-state index < -0.39 is 0 Å². The average molecular weight is 357 g/mol. The molecule has 2 nitrogen and oxygen atoms in total. The zero-order valence-corrected chi connectivity index (χ0v) is 13.9. The summed E-state index contributed by atoms with van der Waals surface area (Å²) in [5, 5.41) is 4.18. The predicted molar refractivity (Wildman–Crippen MR) is 88.0 cm³/mol. The average Bonchev–Trinajstić information content (AvgIpc) is 2.81. The third kappa shape index (κ3) is 3.03. The van der Waals surface area contributed by atoms with Gasteiger partial charge in [-0.15, -0.1) is 0 Å². The summed E-state index contributed by atoms with van der Waals surface area (Å²) >= 11 is 5.19. The van der Waals surface area contributed by atoms with Crippen molar-refractivity contribution in [2.75, 3.05) is 11.1 Å². The number of benzene rings is 1. The molecule has 2 aliphatic rings. The molecule has 0 aromatic heterocycles. The maximum atomic E-state index is 13.3. The molecule has 0 radical (unpaired) electrons.